The van der Waals surface area contributed by atoms with Crippen molar-refractivity contribution in [3.05, 3.63) is 47.5 Å². The van der Waals surface area contributed by atoms with Crippen LogP contribution in [0.15, 0.2) is 41.3 Å². The number of aromatic hydroxyl groups is 2. The van der Waals surface area contributed by atoms with Gasteiger partial charge in [-0.15, -0.1) is 0 Å². The lowest BCUT2D eigenvalue weighted by Crippen LogP contribution is -2.21. The summed E-state index contributed by atoms with van der Waals surface area (Å²) in [6.45, 7) is 0. The molecular formula is C19H15F3O7S. The van der Waals surface area contributed by atoms with Crippen LogP contribution in [0.25, 0.3) is 6.08 Å². The molecular weight excluding hydrogens is 429 g/mol. The molecule has 0 aliphatic carbocycles. The standard InChI is InChI=1S/C17H14O5S.C2HF3O2/c1-21-15-5-3-10(6-14(15)20)2-4-12(18)11-7-16-17(8-13(11)19)23-9-22-16;3-2(4,5)1(6)7/h2-8,19-20H,9H2,1H3;(H,6,7)/b4-2+;. The Kier molecular flexibility index (Phi) is 7.22. The van der Waals surface area contributed by atoms with Crippen molar-refractivity contribution in [1.82, 2.24) is 0 Å². The molecule has 0 fully saturated rings. The highest BCUT2D eigenvalue weighted by atomic mass is 32.2. The summed E-state index contributed by atoms with van der Waals surface area (Å²) in [6.07, 6.45) is -2.19. The molecule has 160 valence electrons. The first-order chi connectivity index (χ1) is 14.0. The van der Waals surface area contributed by atoms with Gasteiger partial charge in [0.05, 0.1) is 17.6 Å². The molecule has 0 saturated heterocycles. The number of fused-ring (bicyclic) bond motifs is 1. The van der Waals surface area contributed by atoms with Crippen molar-refractivity contribution in [2.75, 3.05) is 13.0 Å². The smallest absolute Gasteiger partial charge is 0.490 e. The number of carbonyl (C=O) groups is 2. The number of methoxy groups -OCH3 is 1. The van der Waals surface area contributed by atoms with Crippen molar-refractivity contribution >= 4 is 29.6 Å². The number of ether oxygens (including phenoxy) is 2. The number of allylic oxidation sites excluding steroid dienone is 1. The maximum absolute atomic E-state index is 12.3. The van der Waals surface area contributed by atoms with Gasteiger partial charge in [-0.3, -0.25) is 4.79 Å². The maximum atomic E-state index is 12.3. The van der Waals surface area contributed by atoms with Gasteiger partial charge in [0.2, 0.25) is 0 Å². The molecule has 2 aromatic rings. The highest BCUT2D eigenvalue weighted by Gasteiger charge is 2.38. The van der Waals surface area contributed by atoms with Crippen LogP contribution in [0.1, 0.15) is 15.9 Å². The number of carboxylic acid groups (broad SMARTS) is 1. The summed E-state index contributed by atoms with van der Waals surface area (Å²) >= 11 is 1.47. The molecule has 1 aliphatic heterocycles. The number of carbonyl (C=O) groups excluding carboxylic acids is 1. The van der Waals surface area contributed by atoms with Gasteiger partial charge < -0.3 is 24.8 Å². The monoisotopic (exact) mass is 444 g/mol. The normalized spacial score (nSPS) is 12.5. The third-order valence-corrected chi connectivity index (χ3v) is 4.49. The molecule has 0 amide bonds. The Bertz CT molecular complexity index is 987. The largest absolute Gasteiger partial charge is 0.507 e. The lowest BCUT2D eigenvalue weighted by atomic mass is 10.1. The minimum absolute atomic E-state index is 0.00657. The number of hydrogen-bond acceptors (Lipinski definition) is 7. The lowest BCUT2D eigenvalue weighted by molar-refractivity contribution is -0.192. The van der Waals surface area contributed by atoms with Crippen LogP contribution in [-0.4, -0.2) is 46.3 Å². The number of carboxylic acids is 1. The molecule has 0 aromatic heterocycles. The first kappa shape index (κ1) is 22.9. The van der Waals surface area contributed by atoms with Crippen molar-refractivity contribution in [3.63, 3.8) is 0 Å². The van der Waals surface area contributed by atoms with E-state index >= 15 is 0 Å². The highest BCUT2D eigenvalue weighted by Crippen LogP contribution is 2.40. The Morgan fingerprint density at radius 1 is 1.17 bits per heavy atom. The van der Waals surface area contributed by atoms with E-state index in [1.165, 1.54) is 37.1 Å². The predicted molar refractivity (Wildman–Crippen MR) is 101 cm³/mol. The van der Waals surface area contributed by atoms with Crippen LogP contribution in [0.4, 0.5) is 13.2 Å². The number of phenols is 2. The second-order valence-corrected chi connectivity index (χ2v) is 6.62. The molecule has 0 unspecified atom stereocenters. The van der Waals surface area contributed by atoms with E-state index in [9.17, 15) is 28.2 Å². The Morgan fingerprint density at radius 3 is 2.40 bits per heavy atom. The fourth-order valence-electron chi connectivity index (χ4n) is 2.20. The molecule has 3 N–H and O–H groups in total. The summed E-state index contributed by atoms with van der Waals surface area (Å²) in [5.74, 6) is -1.74. The van der Waals surface area contributed by atoms with E-state index in [0.717, 1.165) is 4.90 Å². The predicted octanol–water partition coefficient (Wildman–Crippen LogP) is 4.08. The van der Waals surface area contributed by atoms with Crippen molar-refractivity contribution in [1.29, 1.82) is 0 Å². The summed E-state index contributed by atoms with van der Waals surface area (Å²) in [7, 11) is 1.46. The fourth-order valence-corrected chi connectivity index (χ4v) is 2.97. The molecule has 2 aromatic carbocycles. The zero-order chi connectivity index (χ0) is 22.5. The van der Waals surface area contributed by atoms with Gasteiger partial charge >= 0.3 is 12.1 Å². The number of phenolic OH excluding ortho intramolecular Hbond substituents is 2. The minimum atomic E-state index is -5.08. The fraction of sp³-hybridized carbons (Fsp3) is 0.158. The van der Waals surface area contributed by atoms with Gasteiger partial charge in [-0.1, -0.05) is 23.9 Å². The first-order valence-corrected chi connectivity index (χ1v) is 9.03. The third-order valence-electron chi connectivity index (χ3n) is 3.63. The number of ketones is 1. The van der Waals surface area contributed by atoms with Gasteiger partial charge in [-0.05, 0) is 35.9 Å². The molecule has 1 aliphatic rings. The zero-order valence-corrected chi connectivity index (χ0v) is 16.1. The van der Waals surface area contributed by atoms with Gasteiger partial charge in [-0.25, -0.2) is 4.79 Å². The zero-order valence-electron chi connectivity index (χ0n) is 15.3. The van der Waals surface area contributed by atoms with Crippen molar-refractivity contribution < 1.29 is 47.6 Å². The number of alkyl halides is 3. The van der Waals surface area contributed by atoms with Gasteiger partial charge in [-0.2, -0.15) is 13.2 Å². The minimum Gasteiger partial charge on any atom is -0.507 e. The second-order valence-electron chi connectivity index (χ2n) is 5.65. The molecule has 0 saturated carbocycles. The Labute approximate surface area is 172 Å². The second kappa shape index (κ2) is 9.44. The Hall–Kier alpha value is -3.34. The number of aliphatic carboxylic acids is 1. The molecule has 30 heavy (non-hydrogen) atoms. The van der Waals surface area contributed by atoms with Crippen LogP contribution >= 0.6 is 11.8 Å². The summed E-state index contributed by atoms with van der Waals surface area (Å²) in [4.78, 5) is 22.0. The molecule has 0 radical (unpaired) electrons. The molecule has 7 nitrogen and oxygen atoms in total. The van der Waals surface area contributed by atoms with Crippen LogP contribution in [0.2, 0.25) is 0 Å². The SMILES string of the molecule is COc1ccc(/C=C/C(=O)c2cc3c(cc2O)SCO3)cc1O.O=C(O)C(F)(F)F. The number of thioether (sulfide) groups is 1. The average Bonchev–Trinajstić information content (AvgIpc) is 3.12. The van der Waals surface area contributed by atoms with E-state index in [-0.39, 0.29) is 22.8 Å². The quantitative estimate of drug-likeness (QED) is 0.478. The first-order valence-electron chi connectivity index (χ1n) is 8.05. The average molecular weight is 444 g/mol. The van der Waals surface area contributed by atoms with Gasteiger partial charge in [0, 0.05) is 0 Å². The van der Waals surface area contributed by atoms with Crippen molar-refractivity contribution in [2.45, 2.75) is 11.1 Å². The van der Waals surface area contributed by atoms with E-state index in [1.807, 2.05) is 0 Å². The van der Waals surface area contributed by atoms with E-state index in [0.29, 0.717) is 23.0 Å². The lowest BCUT2D eigenvalue weighted by Gasteiger charge is -2.05. The molecule has 0 spiro atoms. The van der Waals surface area contributed by atoms with Crippen LogP contribution < -0.4 is 9.47 Å². The van der Waals surface area contributed by atoms with E-state index < -0.39 is 12.1 Å². The van der Waals surface area contributed by atoms with E-state index in [4.69, 9.17) is 19.4 Å². The van der Waals surface area contributed by atoms with Gasteiger partial charge in [0.15, 0.2) is 17.3 Å². The Morgan fingerprint density at radius 2 is 1.83 bits per heavy atom. The van der Waals surface area contributed by atoms with Gasteiger partial charge in [0.1, 0.15) is 17.4 Å². The molecule has 0 atom stereocenters. The van der Waals surface area contributed by atoms with Crippen LogP contribution in [0, 0.1) is 0 Å². The number of hydrogen-bond donors (Lipinski definition) is 3. The molecule has 3 rings (SSSR count). The Balaban J connectivity index is 0.000000396. The van der Waals surface area contributed by atoms with E-state index in [1.54, 1.807) is 24.3 Å². The summed E-state index contributed by atoms with van der Waals surface area (Å²) in [5.41, 5.74) is 0.823. The van der Waals surface area contributed by atoms with Crippen LogP contribution in [0.5, 0.6) is 23.0 Å². The van der Waals surface area contributed by atoms with Crippen molar-refractivity contribution in [2.24, 2.45) is 0 Å². The van der Waals surface area contributed by atoms with Crippen LogP contribution in [-0.2, 0) is 4.79 Å². The van der Waals surface area contributed by atoms with Crippen LogP contribution in [0.3, 0.4) is 0 Å². The topological polar surface area (TPSA) is 113 Å². The number of benzene rings is 2. The van der Waals surface area contributed by atoms with Gasteiger partial charge in [0.25, 0.3) is 0 Å². The van der Waals surface area contributed by atoms with Crippen molar-refractivity contribution in [3.8, 4) is 23.0 Å². The molecule has 0 bridgehead atoms. The summed E-state index contributed by atoms with van der Waals surface area (Å²) in [5, 5.41) is 26.8. The molecule has 1 heterocycles. The molecule has 11 heteroatoms. The third kappa shape index (κ3) is 5.83. The highest BCUT2D eigenvalue weighted by molar-refractivity contribution is 7.99. The number of rotatable bonds is 4. The summed E-state index contributed by atoms with van der Waals surface area (Å²) in [6, 6.07) is 7.89. The summed E-state index contributed by atoms with van der Waals surface area (Å²) < 4.78 is 42.1. The maximum Gasteiger partial charge on any atom is 0.490 e. The van der Waals surface area contributed by atoms with E-state index in [2.05, 4.69) is 0 Å². The number of halogens is 3.